The molecule has 6 heteroatoms. The van der Waals surface area contributed by atoms with Gasteiger partial charge in [-0.25, -0.2) is 0 Å². The number of ether oxygens (including phenoxy) is 1. The summed E-state index contributed by atoms with van der Waals surface area (Å²) in [6, 6.07) is 3.19. The van der Waals surface area contributed by atoms with E-state index in [4.69, 9.17) is 4.74 Å². The molecule has 0 aliphatic carbocycles. The summed E-state index contributed by atoms with van der Waals surface area (Å²) >= 11 is 0. The first-order valence-corrected chi connectivity index (χ1v) is 6.65. The molecule has 20 heavy (non-hydrogen) atoms. The minimum Gasteiger partial charge on any atom is -0.365 e. The predicted molar refractivity (Wildman–Crippen MR) is 74.4 cm³/mol. The molecule has 0 saturated carbocycles. The lowest BCUT2D eigenvalue weighted by molar-refractivity contribution is -0.127. The summed E-state index contributed by atoms with van der Waals surface area (Å²) in [5.41, 5.74) is 0.804. The van der Waals surface area contributed by atoms with Gasteiger partial charge in [0.2, 0.25) is 0 Å². The maximum atomic E-state index is 12.2. The van der Waals surface area contributed by atoms with Crippen LogP contribution in [0.15, 0.2) is 18.3 Å². The summed E-state index contributed by atoms with van der Waals surface area (Å²) in [5.74, 6) is -0.290. The highest BCUT2D eigenvalue weighted by Crippen LogP contribution is 2.26. The molecule has 2 rings (SSSR count). The highest BCUT2D eigenvalue weighted by molar-refractivity contribution is 5.97. The first-order valence-electron chi connectivity index (χ1n) is 6.65. The van der Waals surface area contributed by atoms with Crippen molar-refractivity contribution in [2.75, 3.05) is 12.4 Å². The van der Waals surface area contributed by atoms with Crippen LogP contribution in [0.3, 0.4) is 0 Å². The van der Waals surface area contributed by atoms with Gasteiger partial charge in [-0.15, -0.1) is 0 Å². The van der Waals surface area contributed by atoms with Crippen LogP contribution < -0.4 is 10.6 Å². The van der Waals surface area contributed by atoms with Gasteiger partial charge in [0.25, 0.3) is 11.8 Å². The number of hydrogen-bond donors (Lipinski definition) is 2. The topological polar surface area (TPSA) is 80.3 Å². The summed E-state index contributed by atoms with van der Waals surface area (Å²) in [5, 5.41) is 5.26. The van der Waals surface area contributed by atoms with E-state index in [0.29, 0.717) is 5.69 Å². The number of nitrogens with one attached hydrogen (secondary N) is 2. The van der Waals surface area contributed by atoms with Crippen LogP contribution in [0, 0.1) is 5.92 Å². The lowest BCUT2D eigenvalue weighted by atomic mass is 10.0. The largest absolute Gasteiger partial charge is 0.365 e. The van der Waals surface area contributed by atoms with E-state index < -0.39 is 6.10 Å². The van der Waals surface area contributed by atoms with Crippen molar-refractivity contribution in [2.45, 2.75) is 32.5 Å². The Bertz CT molecular complexity index is 518. The number of pyridine rings is 1. The van der Waals surface area contributed by atoms with E-state index in [1.54, 1.807) is 12.1 Å². The minimum absolute atomic E-state index is 0.0969. The average molecular weight is 277 g/mol. The molecule has 1 aliphatic heterocycles. The van der Waals surface area contributed by atoms with Gasteiger partial charge in [-0.05, 0) is 31.4 Å². The van der Waals surface area contributed by atoms with E-state index in [1.165, 1.54) is 13.2 Å². The molecule has 0 radical (unpaired) electrons. The van der Waals surface area contributed by atoms with Crippen LogP contribution in [0.25, 0.3) is 0 Å². The van der Waals surface area contributed by atoms with Crippen molar-refractivity contribution < 1.29 is 14.3 Å². The van der Waals surface area contributed by atoms with E-state index in [-0.39, 0.29) is 29.5 Å². The van der Waals surface area contributed by atoms with Gasteiger partial charge >= 0.3 is 0 Å². The van der Waals surface area contributed by atoms with E-state index in [0.717, 1.165) is 6.42 Å². The summed E-state index contributed by atoms with van der Waals surface area (Å²) in [7, 11) is 1.53. The zero-order valence-electron chi connectivity index (χ0n) is 11.8. The Hall–Kier alpha value is -1.95. The molecule has 2 heterocycles. The fourth-order valence-electron chi connectivity index (χ4n) is 2.38. The predicted octanol–water partition coefficient (Wildman–Crippen LogP) is 1.19. The third kappa shape index (κ3) is 3.14. The number of rotatable bonds is 3. The molecule has 2 N–H and O–H groups in total. The number of aromatic nitrogens is 1. The summed E-state index contributed by atoms with van der Waals surface area (Å²) in [4.78, 5) is 27.6. The zero-order chi connectivity index (χ0) is 14.7. The van der Waals surface area contributed by atoms with Crippen molar-refractivity contribution in [2.24, 2.45) is 5.92 Å². The van der Waals surface area contributed by atoms with Crippen molar-refractivity contribution in [1.82, 2.24) is 10.3 Å². The van der Waals surface area contributed by atoms with Gasteiger partial charge in [-0.3, -0.25) is 14.6 Å². The molecule has 3 atom stereocenters. The zero-order valence-corrected chi connectivity index (χ0v) is 11.8. The molecule has 1 saturated heterocycles. The van der Waals surface area contributed by atoms with Gasteiger partial charge in [0, 0.05) is 18.9 Å². The van der Waals surface area contributed by atoms with Crippen LogP contribution in [0.2, 0.25) is 0 Å². The molecule has 108 valence electrons. The molecular weight excluding hydrogens is 258 g/mol. The fraction of sp³-hybridized carbons (Fsp3) is 0.500. The van der Waals surface area contributed by atoms with Crippen molar-refractivity contribution in [1.29, 1.82) is 0 Å². The summed E-state index contributed by atoms with van der Waals surface area (Å²) in [6.45, 7) is 3.95. The Labute approximate surface area is 117 Å². The van der Waals surface area contributed by atoms with Crippen LogP contribution in [0.4, 0.5) is 5.69 Å². The number of nitrogens with zero attached hydrogens (tertiary/aromatic N) is 1. The van der Waals surface area contributed by atoms with Crippen molar-refractivity contribution in [3.8, 4) is 0 Å². The Morgan fingerprint density at radius 3 is 2.75 bits per heavy atom. The highest BCUT2D eigenvalue weighted by atomic mass is 16.5. The average Bonchev–Trinajstić information content (AvgIpc) is 2.77. The highest BCUT2D eigenvalue weighted by Gasteiger charge is 2.35. The van der Waals surface area contributed by atoms with Gasteiger partial charge in [0.1, 0.15) is 11.8 Å². The Balaban J connectivity index is 2.06. The number of hydrogen-bond acceptors (Lipinski definition) is 4. The second-order valence-electron chi connectivity index (χ2n) is 5.08. The molecule has 6 nitrogen and oxygen atoms in total. The molecule has 1 aromatic rings. The van der Waals surface area contributed by atoms with E-state index in [1.807, 2.05) is 13.8 Å². The SMILES string of the molecule is CNC(=O)c1cc(NC(=O)C2OC(C)CC2C)ccn1. The fourth-order valence-corrected chi connectivity index (χ4v) is 2.38. The Kier molecular flexibility index (Phi) is 4.34. The standard InChI is InChI=1S/C14H19N3O3/c1-8-6-9(2)20-12(8)14(19)17-10-4-5-16-11(7-10)13(18)15-3/h4-5,7-9,12H,6H2,1-3H3,(H,15,18)(H,16,17,19). The molecule has 1 fully saturated rings. The van der Waals surface area contributed by atoms with Gasteiger partial charge in [0.05, 0.1) is 6.10 Å². The van der Waals surface area contributed by atoms with Crippen LogP contribution in [-0.4, -0.2) is 36.1 Å². The molecule has 0 aromatic carbocycles. The van der Waals surface area contributed by atoms with Gasteiger partial charge in [-0.2, -0.15) is 0 Å². The van der Waals surface area contributed by atoms with Crippen LogP contribution in [0.1, 0.15) is 30.8 Å². The number of carbonyl (C=O) groups excluding carboxylic acids is 2. The first-order chi connectivity index (χ1) is 9.51. The van der Waals surface area contributed by atoms with Gasteiger partial charge in [-0.1, -0.05) is 6.92 Å². The minimum atomic E-state index is -0.443. The molecular formula is C14H19N3O3. The monoisotopic (exact) mass is 277 g/mol. The Morgan fingerprint density at radius 2 is 2.15 bits per heavy atom. The van der Waals surface area contributed by atoms with Gasteiger partial charge < -0.3 is 15.4 Å². The number of amides is 2. The lowest BCUT2D eigenvalue weighted by Crippen LogP contribution is -2.31. The lowest BCUT2D eigenvalue weighted by Gasteiger charge is -2.15. The van der Waals surface area contributed by atoms with Crippen molar-refractivity contribution in [3.05, 3.63) is 24.0 Å². The summed E-state index contributed by atoms with van der Waals surface area (Å²) < 4.78 is 5.60. The maximum Gasteiger partial charge on any atom is 0.269 e. The van der Waals surface area contributed by atoms with Crippen LogP contribution in [0.5, 0.6) is 0 Å². The summed E-state index contributed by atoms with van der Waals surface area (Å²) in [6.07, 6.45) is 2.01. The van der Waals surface area contributed by atoms with E-state index >= 15 is 0 Å². The molecule has 1 aromatic heterocycles. The third-order valence-corrected chi connectivity index (χ3v) is 3.35. The Morgan fingerprint density at radius 1 is 1.40 bits per heavy atom. The van der Waals surface area contributed by atoms with E-state index in [9.17, 15) is 9.59 Å². The first kappa shape index (κ1) is 14.5. The van der Waals surface area contributed by atoms with E-state index in [2.05, 4.69) is 15.6 Å². The molecule has 2 amide bonds. The quantitative estimate of drug-likeness (QED) is 0.869. The van der Waals surface area contributed by atoms with Gasteiger partial charge in [0.15, 0.2) is 0 Å². The van der Waals surface area contributed by atoms with Crippen molar-refractivity contribution >= 4 is 17.5 Å². The molecule has 0 spiro atoms. The van der Waals surface area contributed by atoms with Crippen molar-refractivity contribution in [3.63, 3.8) is 0 Å². The molecule has 1 aliphatic rings. The maximum absolute atomic E-state index is 12.2. The molecule has 0 bridgehead atoms. The van der Waals surface area contributed by atoms with Crippen LogP contribution in [-0.2, 0) is 9.53 Å². The smallest absolute Gasteiger partial charge is 0.269 e. The second-order valence-corrected chi connectivity index (χ2v) is 5.08. The number of carbonyl (C=O) groups is 2. The molecule has 3 unspecified atom stereocenters. The third-order valence-electron chi connectivity index (χ3n) is 3.35. The van der Waals surface area contributed by atoms with Crippen LogP contribution >= 0.6 is 0 Å². The number of anilines is 1. The normalized spacial score (nSPS) is 25.2. The second kappa shape index (κ2) is 6.00.